The Morgan fingerprint density at radius 1 is 1.21 bits per heavy atom. The lowest BCUT2D eigenvalue weighted by atomic mass is 10.2. The molecule has 1 aromatic carbocycles. The van der Waals surface area contributed by atoms with E-state index in [9.17, 15) is 4.79 Å². The number of hydrogen-bond donors (Lipinski definition) is 2. The number of fused-ring (bicyclic) bond motifs is 1. The van der Waals surface area contributed by atoms with Gasteiger partial charge in [0.15, 0.2) is 16.5 Å². The lowest BCUT2D eigenvalue weighted by Crippen LogP contribution is -2.28. The van der Waals surface area contributed by atoms with Gasteiger partial charge in [-0.3, -0.25) is 5.32 Å². The number of urea groups is 1. The fourth-order valence-corrected chi connectivity index (χ4v) is 3.68. The van der Waals surface area contributed by atoms with Crippen LogP contribution in [0.4, 0.5) is 9.93 Å². The molecular weight excluding hydrogens is 348 g/mol. The van der Waals surface area contributed by atoms with Crippen LogP contribution in [0.5, 0.6) is 11.5 Å². The largest absolute Gasteiger partial charge is 0.454 e. The highest BCUT2D eigenvalue weighted by molar-refractivity contribution is 7.23. The number of rotatable bonds is 4. The Labute approximate surface area is 145 Å². The molecule has 1 aliphatic heterocycles. The molecular formula is C15H12N4O3S2. The predicted octanol–water partition coefficient (Wildman–Crippen LogP) is 3.32. The molecule has 0 bridgehead atoms. The van der Waals surface area contributed by atoms with Crippen LogP contribution in [0, 0.1) is 0 Å². The van der Waals surface area contributed by atoms with Crippen molar-refractivity contribution in [3.8, 4) is 21.4 Å². The van der Waals surface area contributed by atoms with E-state index in [0.29, 0.717) is 17.4 Å². The van der Waals surface area contributed by atoms with Crippen molar-refractivity contribution in [1.29, 1.82) is 0 Å². The predicted molar refractivity (Wildman–Crippen MR) is 91.6 cm³/mol. The second-order valence-corrected chi connectivity index (χ2v) is 6.81. The number of nitrogens with one attached hydrogen (secondary N) is 2. The Hall–Kier alpha value is -2.65. The quantitative estimate of drug-likeness (QED) is 0.745. The molecule has 0 saturated heterocycles. The van der Waals surface area contributed by atoms with E-state index in [1.807, 2.05) is 35.7 Å². The van der Waals surface area contributed by atoms with Gasteiger partial charge < -0.3 is 14.8 Å². The summed E-state index contributed by atoms with van der Waals surface area (Å²) in [7, 11) is 0. The number of hydrogen-bond acceptors (Lipinski definition) is 7. The molecule has 0 fully saturated rings. The Balaban J connectivity index is 1.34. The summed E-state index contributed by atoms with van der Waals surface area (Å²) in [4.78, 5) is 13.0. The highest BCUT2D eigenvalue weighted by Gasteiger charge is 2.14. The lowest BCUT2D eigenvalue weighted by molar-refractivity contribution is 0.174. The smallest absolute Gasteiger partial charge is 0.321 e. The Kier molecular flexibility index (Phi) is 4.01. The highest BCUT2D eigenvalue weighted by Crippen LogP contribution is 2.32. The maximum absolute atomic E-state index is 12.0. The van der Waals surface area contributed by atoms with Crippen LogP contribution in [-0.2, 0) is 6.54 Å². The number of carbonyl (C=O) groups is 1. The first-order valence-corrected chi connectivity index (χ1v) is 8.78. The summed E-state index contributed by atoms with van der Waals surface area (Å²) in [5.41, 5.74) is 0.922. The van der Waals surface area contributed by atoms with Gasteiger partial charge in [0, 0.05) is 6.54 Å². The first kappa shape index (κ1) is 14.9. The third-order valence-electron chi connectivity index (χ3n) is 3.27. The maximum atomic E-state index is 12.0. The van der Waals surface area contributed by atoms with Gasteiger partial charge in [0.05, 0.1) is 4.88 Å². The number of thiophene rings is 1. The molecule has 2 N–H and O–H groups in total. The van der Waals surface area contributed by atoms with Gasteiger partial charge in [0.2, 0.25) is 11.9 Å². The van der Waals surface area contributed by atoms with E-state index in [1.165, 1.54) is 11.3 Å². The number of anilines is 1. The minimum atomic E-state index is -0.332. The number of carbonyl (C=O) groups excluding carboxylic acids is 1. The Morgan fingerprint density at radius 2 is 2.12 bits per heavy atom. The topological polar surface area (TPSA) is 85.4 Å². The number of ether oxygens (including phenoxy) is 2. The molecule has 1 aliphatic rings. The summed E-state index contributed by atoms with van der Waals surface area (Å²) in [5, 5.41) is 16.7. The van der Waals surface area contributed by atoms with Crippen molar-refractivity contribution in [2.45, 2.75) is 6.54 Å². The number of nitrogens with zero attached hydrogens (tertiary/aromatic N) is 2. The summed E-state index contributed by atoms with van der Waals surface area (Å²) in [6, 6.07) is 9.15. The van der Waals surface area contributed by atoms with E-state index in [0.717, 1.165) is 21.2 Å². The standard InChI is InChI=1S/C15H12N4O3S2/c20-14(16-7-9-3-4-10-11(6-9)22-8-21-10)17-15-19-18-13(24-15)12-2-1-5-23-12/h1-6H,7-8H2,(H2,16,17,19,20). The average molecular weight is 360 g/mol. The molecule has 7 nitrogen and oxygen atoms in total. The van der Waals surface area contributed by atoms with Gasteiger partial charge in [0.25, 0.3) is 0 Å². The first-order chi connectivity index (χ1) is 11.8. The van der Waals surface area contributed by atoms with Crippen molar-refractivity contribution in [2.75, 3.05) is 12.1 Å². The molecule has 122 valence electrons. The molecule has 0 unspecified atom stereocenters. The summed E-state index contributed by atoms with van der Waals surface area (Å²) in [6.45, 7) is 0.607. The van der Waals surface area contributed by atoms with E-state index < -0.39 is 0 Å². The van der Waals surface area contributed by atoms with Crippen LogP contribution < -0.4 is 20.1 Å². The fraction of sp³-hybridized carbons (Fsp3) is 0.133. The van der Waals surface area contributed by atoms with Gasteiger partial charge in [-0.25, -0.2) is 4.79 Å². The molecule has 24 heavy (non-hydrogen) atoms. The number of amides is 2. The van der Waals surface area contributed by atoms with Crippen LogP contribution in [0.2, 0.25) is 0 Å². The van der Waals surface area contributed by atoms with Crippen LogP contribution in [-0.4, -0.2) is 23.0 Å². The molecule has 4 rings (SSSR count). The molecule has 0 atom stereocenters. The van der Waals surface area contributed by atoms with Crippen LogP contribution in [0.15, 0.2) is 35.7 Å². The molecule has 9 heteroatoms. The van der Waals surface area contributed by atoms with E-state index in [2.05, 4.69) is 20.8 Å². The molecule has 0 radical (unpaired) electrons. The van der Waals surface area contributed by atoms with Crippen molar-refractivity contribution in [2.24, 2.45) is 0 Å². The van der Waals surface area contributed by atoms with E-state index in [4.69, 9.17) is 9.47 Å². The third-order valence-corrected chi connectivity index (χ3v) is 5.15. The summed E-state index contributed by atoms with van der Waals surface area (Å²) < 4.78 is 10.6. The normalized spacial score (nSPS) is 12.2. The van der Waals surface area contributed by atoms with Crippen LogP contribution in [0.1, 0.15) is 5.56 Å². The third kappa shape index (κ3) is 3.17. The highest BCUT2D eigenvalue weighted by atomic mass is 32.1. The minimum absolute atomic E-state index is 0.232. The van der Waals surface area contributed by atoms with Crippen LogP contribution >= 0.6 is 22.7 Å². The number of aromatic nitrogens is 2. The second-order valence-electron chi connectivity index (χ2n) is 4.88. The van der Waals surface area contributed by atoms with Gasteiger partial charge in [-0.05, 0) is 29.1 Å². The van der Waals surface area contributed by atoms with Gasteiger partial charge in [-0.2, -0.15) is 0 Å². The number of benzene rings is 1. The van der Waals surface area contributed by atoms with Crippen molar-refractivity contribution < 1.29 is 14.3 Å². The molecule has 2 amide bonds. The second kappa shape index (κ2) is 6.46. The minimum Gasteiger partial charge on any atom is -0.454 e. The fourth-order valence-electron chi connectivity index (χ4n) is 2.15. The zero-order chi connectivity index (χ0) is 16.4. The van der Waals surface area contributed by atoms with Gasteiger partial charge >= 0.3 is 6.03 Å². The molecule has 0 aliphatic carbocycles. The maximum Gasteiger partial charge on any atom is 0.321 e. The zero-order valence-corrected chi connectivity index (χ0v) is 13.9. The summed E-state index contributed by atoms with van der Waals surface area (Å²) in [5.74, 6) is 1.41. The summed E-state index contributed by atoms with van der Waals surface area (Å²) in [6.07, 6.45) is 0. The van der Waals surface area contributed by atoms with Crippen molar-refractivity contribution in [3.05, 3.63) is 41.3 Å². The van der Waals surface area contributed by atoms with Gasteiger partial charge in [0.1, 0.15) is 0 Å². The zero-order valence-electron chi connectivity index (χ0n) is 12.3. The Bertz CT molecular complexity index is 863. The summed E-state index contributed by atoms with van der Waals surface area (Å²) >= 11 is 2.92. The molecule has 0 saturated carbocycles. The molecule has 2 aromatic heterocycles. The molecule has 3 aromatic rings. The van der Waals surface area contributed by atoms with Crippen LogP contribution in [0.25, 0.3) is 9.88 Å². The van der Waals surface area contributed by atoms with E-state index in [1.54, 1.807) is 11.3 Å². The first-order valence-electron chi connectivity index (χ1n) is 7.09. The molecule has 3 heterocycles. The van der Waals surface area contributed by atoms with Gasteiger partial charge in [-0.1, -0.05) is 23.5 Å². The monoisotopic (exact) mass is 360 g/mol. The van der Waals surface area contributed by atoms with E-state index in [-0.39, 0.29) is 12.8 Å². The van der Waals surface area contributed by atoms with Crippen molar-refractivity contribution >= 4 is 33.8 Å². The SMILES string of the molecule is O=C(NCc1ccc2c(c1)OCO2)Nc1nnc(-c2cccs2)s1. The van der Waals surface area contributed by atoms with Crippen LogP contribution in [0.3, 0.4) is 0 Å². The van der Waals surface area contributed by atoms with Crippen molar-refractivity contribution in [1.82, 2.24) is 15.5 Å². The lowest BCUT2D eigenvalue weighted by Gasteiger charge is -2.06. The van der Waals surface area contributed by atoms with Gasteiger partial charge in [-0.15, -0.1) is 21.5 Å². The average Bonchev–Trinajstić information content (AvgIpc) is 3.32. The Morgan fingerprint density at radius 3 is 3.00 bits per heavy atom. The van der Waals surface area contributed by atoms with Crippen molar-refractivity contribution in [3.63, 3.8) is 0 Å². The van der Waals surface area contributed by atoms with E-state index >= 15 is 0 Å². The molecule has 0 spiro atoms.